The minimum Gasteiger partial charge on any atom is -0.357 e. The molecule has 3 heteroatoms. The Morgan fingerprint density at radius 3 is 3.10 bits per heavy atom. The summed E-state index contributed by atoms with van der Waals surface area (Å²) in [6, 6.07) is 10.0. The molecule has 2 atom stereocenters. The van der Waals surface area contributed by atoms with E-state index >= 15 is 0 Å². The number of hydrogen-bond acceptors (Lipinski definition) is 2. The van der Waals surface area contributed by atoms with E-state index in [9.17, 15) is 0 Å². The molecule has 2 aliphatic rings. The van der Waals surface area contributed by atoms with E-state index in [0.29, 0.717) is 12.1 Å². The molecule has 1 saturated heterocycles. The Kier molecular flexibility index (Phi) is 3.04. The van der Waals surface area contributed by atoms with Gasteiger partial charge in [-0.2, -0.15) is 0 Å². The highest BCUT2D eigenvalue weighted by molar-refractivity contribution is 5.85. The van der Waals surface area contributed by atoms with Gasteiger partial charge in [0.25, 0.3) is 0 Å². The van der Waals surface area contributed by atoms with Crippen LogP contribution >= 0.6 is 0 Å². The number of hydrogen-bond donors (Lipinski definition) is 2. The fourth-order valence-corrected chi connectivity index (χ4v) is 4.09. The third-order valence-corrected chi connectivity index (χ3v) is 5.04. The molecule has 1 fully saturated rings. The maximum Gasteiger partial charge on any atom is 0.0516 e. The van der Waals surface area contributed by atoms with Crippen molar-refractivity contribution in [3.63, 3.8) is 0 Å². The lowest BCUT2D eigenvalue weighted by molar-refractivity contribution is 0.114. The smallest absolute Gasteiger partial charge is 0.0516 e. The molecular weight excluding hydrogens is 246 g/mol. The third-order valence-electron chi connectivity index (χ3n) is 5.04. The quantitative estimate of drug-likeness (QED) is 0.878. The van der Waals surface area contributed by atoms with Crippen LogP contribution in [0.3, 0.4) is 0 Å². The van der Waals surface area contributed by atoms with Crippen LogP contribution in [0.2, 0.25) is 0 Å². The SMILES string of the molecule is CCN[C@@H]1CCN2CCc3c([nH]c4ccccc34)[C@H]2C1. The van der Waals surface area contributed by atoms with E-state index in [2.05, 4.69) is 46.4 Å². The first-order chi connectivity index (χ1) is 9.86. The Morgan fingerprint density at radius 1 is 1.30 bits per heavy atom. The van der Waals surface area contributed by atoms with Gasteiger partial charge in [0, 0.05) is 35.7 Å². The van der Waals surface area contributed by atoms with Gasteiger partial charge in [0.1, 0.15) is 0 Å². The molecule has 106 valence electrons. The van der Waals surface area contributed by atoms with Crippen molar-refractivity contribution in [2.45, 2.75) is 38.3 Å². The monoisotopic (exact) mass is 269 g/mol. The van der Waals surface area contributed by atoms with Crippen LogP contribution in [0.4, 0.5) is 0 Å². The van der Waals surface area contributed by atoms with Crippen LogP contribution in [0.5, 0.6) is 0 Å². The van der Waals surface area contributed by atoms with E-state index in [0.717, 1.165) is 6.54 Å². The van der Waals surface area contributed by atoms with Gasteiger partial charge in [-0.15, -0.1) is 0 Å². The normalized spacial score (nSPS) is 26.4. The highest BCUT2D eigenvalue weighted by Gasteiger charge is 2.34. The van der Waals surface area contributed by atoms with Crippen LogP contribution < -0.4 is 5.32 Å². The summed E-state index contributed by atoms with van der Waals surface area (Å²) in [5.74, 6) is 0. The molecule has 2 N–H and O–H groups in total. The second kappa shape index (κ2) is 4.90. The number of rotatable bonds is 2. The van der Waals surface area contributed by atoms with Gasteiger partial charge >= 0.3 is 0 Å². The fourth-order valence-electron chi connectivity index (χ4n) is 4.09. The number of H-pyrrole nitrogens is 1. The molecule has 0 bridgehead atoms. The van der Waals surface area contributed by atoms with Gasteiger partial charge in [-0.25, -0.2) is 0 Å². The van der Waals surface area contributed by atoms with Crippen molar-refractivity contribution >= 4 is 10.9 Å². The zero-order valence-corrected chi connectivity index (χ0v) is 12.2. The molecule has 0 radical (unpaired) electrons. The largest absolute Gasteiger partial charge is 0.357 e. The highest BCUT2D eigenvalue weighted by atomic mass is 15.2. The van der Waals surface area contributed by atoms with E-state index in [-0.39, 0.29) is 0 Å². The predicted octanol–water partition coefficient (Wildman–Crippen LogP) is 2.84. The van der Waals surface area contributed by atoms with Crippen molar-refractivity contribution < 1.29 is 0 Å². The van der Waals surface area contributed by atoms with E-state index in [4.69, 9.17) is 0 Å². The van der Waals surface area contributed by atoms with Gasteiger partial charge in [-0.05, 0) is 37.4 Å². The maximum atomic E-state index is 3.71. The second-order valence-corrected chi connectivity index (χ2v) is 6.14. The molecule has 0 aliphatic carbocycles. The number of aromatic amines is 1. The number of nitrogens with one attached hydrogen (secondary N) is 2. The van der Waals surface area contributed by atoms with Crippen molar-refractivity contribution in [2.24, 2.45) is 0 Å². The molecule has 20 heavy (non-hydrogen) atoms. The van der Waals surface area contributed by atoms with Crippen LogP contribution in [0.1, 0.15) is 37.1 Å². The Morgan fingerprint density at radius 2 is 2.20 bits per heavy atom. The number of nitrogens with zero attached hydrogens (tertiary/aromatic N) is 1. The minimum absolute atomic E-state index is 0.587. The number of aromatic nitrogens is 1. The number of piperidine rings is 1. The van der Waals surface area contributed by atoms with E-state index < -0.39 is 0 Å². The molecule has 1 aromatic heterocycles. The average Bonchev–Trinajstić information content (AvgIpc) is 2.87. The summed E-state index contributed by atoms with van der Waals surface area (Å²) >= 11 is 0. The Balaban J connectivity index is 1.73. The number of benzene rings is 1. The summed E-state index contributed by atoms with van der Waals surface area (Å²) in [5, 5.41) is 5.08. The fraction of sp³-hybridized carbons (Fsp3) is 0.529. The lowest BCUT2D eigenvalue weighted by atomic mass is 9.88. The maximum absolute atomic E-state index is 3.71. The molecule has 0 unspecified atom stereocenters. The molecular formula is C17H23N3. The first-order valence-electron chi connectivity index (χ1n) is 7.93. The van der Waals surface area contributed by atoms with Crippen molar-refractivity contribution in [3.05, 3.63) is 35.5 Å². The molecule has 0 amide bonds. The molecule has 2 aromatic rings. The standard InChI is InChI=1S/C17H23N3/c1-2-18-12-7-9-20-10-8-14-13-5-3-4-6-15(13)19-17(14)16(20)11-12/h3-6,12,16,18-19H,2,7-11H2,1H3/t12-,16-/m1/s1. The van der Waals surface area contributed by atoms with Gasteiger partial charge in [-0.3, -0.25) is 4.90 Å². The number of fused-ring (bicyclic) bond motifs is 5. The minimum atomic E-state index is 0.587. The van der Waals surface area contributed by atoms with Gasteiger partial charge in [0.2, 0.25) is 0 Å². The van der Waals surface area contributed by atoms with Gasteiger partial charge < -0.3 is 10.3 Å². The van der Waals surface area contributed by atoms with Crippen molar-refractivity contribution in [2.75, 3.05) is 19.6 Å². The van der Waals surface area contributed by atoms with Crippen molar-refractivity contribution in [1.29, 1.82) is 0 Å². The molecule has 3 nitrogen and oxygen atoms in total. The Labute approximate surface area is 120 Å². The van der Waals surface area contributed by atoms with E-state index in [1.807, 2.05) is 0 Å². The van der Waals surface area contributed by atoms with Gasteiger partial charge in [-0.1, -0.05) is 25.1 Å². The van der Waals surface area contributed by atoms with Crippen LogP contribution in [-0.2, 0) is 6.42 Å². The van der Waals surface area contributed by atoms with Crippen LogP contribution in [-0.4, -0.2) is 35.6 Å². The lowest BCUT2D eigenvalue weighted by Gasteiger charge is -2.42. The summed E-state index contributed by atoms with van der Waals surface area (Å²) < 4.78 is 0. The van der Waals surface area contributed by atoms with Gasteiger partial charge in [0.05, 0.1) is 6.04 Å². The lowest BCUT2D eigenvalue weighted by Crippen LogP contribution is -2.46. The summed E-state index contributed by atoms with van der Waals surface area (Å²) in [4.78, 5) is 6.38. The molecule has 2 aliphatic heterocycles. The summed E-state index contributed by atoms with van der Waals surface area (Å²) in [6.07, 6.45) is 3.73. The molecule has 3 heterocycles. The van der Waals surface area contributed by atoms with Crippen molar-refractivity contribution in [3.8, 4) is 0 Å². The van der Waals surface area contributed by atoms with Crippen LogP contribution in [0, 0.1) is 0 Å². The summed E-state index contributed by atoms with van der Waals surface area (Å²) in [5.41, 5.74) is 4.36. The average molecular weight is 269 g/mol. The molecule has 0 spiro atoms. The second-order valence-electron chi connectivity index (χ2n) is 6.14. The Bertz CT molecular complexity index is 616. The first kappa shape index (κ1) is 12.4. The van der Waals surface area contributed by atoms with Crippen LogP contribution in [0.25, 0.3) is 10.9 Å². The zero-order valence-electron chi connectivity index (χ0n) is 12.2. The van der Waals surface area contributed by atoms with E-state index in [1.54, 1.807) is 5.56 Å². The third kappa shape index (κ3) is 1.88. The summed E-state index contributed by atoms with van der Waals surface area (Å²) in [7, 11) is 0. The van der Waals surface area contributed by atoms with Crippen LogP contribution in [0.15, 0.2) is 24.3 Å². The van der Waals surface area contributed by atoms with Gasteiger partial charge in [0.15, 0.2) is 0 Å². The number of para-hydroxylation sites is 1. The predicted molar refractivity (Wildman–Crippen MR) is 83.0 cm³/mol. The first-order valence-corrected chi connectivity index (χ1v) is 7.93. The Hall–Kier alpha value is -1.32. The van der Waals surface area contributed by atoms with Crippen molar-refractivity contribution in [1.82, 2.24) is 15.2 Å². The van der Waals surface area contributed by atoms with E-state index in [1.165, 1.54) is 48.9 Å². The molecule has 1 aromatic carbocycles. The summed E-state index contributed by atoms with van der Waals surface area (Å²) in [6.45, 7) is 5.74. The topological polar surface area (TPSA) is 31.1 Å². The highest BCUT2D eigenvalue weighted by Crippen LogP contribution is 2.39. The zero-order chi connectivity index (χ0) is 13.5. The molecule has 0 saturated carbocycles. The molecule has 4 rings (SSSR count).